The van der Waals surface area contributed by atoms with Crippen LogP contribution in [0.5, 0.6) is 5.88 Å². The fourth-order valence-electron chi connectivity index (χ4n) is 2.57. The number of hydrazone groups is 1. The van der Waals surface area contributed by atoms with Gasteiger partial charge in [0.2, 0.25) is 5.88 Å². The number of hydrogen-bond acceptors (Lipinski definition) is 5. The molecule has 1 atom stereocenters. The van der Waals surface area contributed by atoms with Gasteiger partial charge in [0, 0.05) is 19.1 Å². The minimum absolute atomic E-state index is 0.00897. The van der Waals surface area contributed by atoms with E-state index in [1.54, 1.807) is 4.57 Å². The minimum Gasteiger partial charge on any atom is -0.494 e. The minimum atomic E-state index is -0.402. The lowest BCUT2D eigenvalue weighted by molar-refractivity contribution is 0.302. The van der Waals surface area contributed by atoms with Crippen molar-refractivity contribution < 1.29 is 5.11 Å². The van der Waals surface area contributed by atoms with E-state index in [4.69, 9.17) is 12.2 Å². The topological polar surface area (TPSA) is 73.6 Å². The Bertz CT molecular complexity index is 642. The van der Waals surface area contributed by atoms with Crippen LogP contribution < -0.4 is 5.56 Å². The fraction of sp³-hybridized carbons (Fsp3) is 0.667. The number of H-pyrrole nitrogens is 1. The summed E-state index contributed by atoms with van der Waals surface area (Å²) in [6, 6.07) is 0.00897. The quantitative estimate of drug-likeness (QED) is 0.660. The molecule has 22 heavy (non-hydrogen) atoms. The van der Waals surface area contributed by atoms with Gasteiger partial charge in [0.1, 0.15) is 5.56 Å². The standard InChI is InChI=1S/C15H24N4O2S/c1-3-11(2)19-14(21)12(13(20)17-15(19)22)10-16-18-8-6-4-5-7-9-18/h10-11,21H,3-9H2,1-2H3,(H,17,20,22)/t11-/m0/s1. The van der Waals surface area contributed by atoms with Crippen molar-refractivity contribution in [2.75, 3.05) is 13.1 Å². The van der Waals surface area contributed by atoms with Crippen molar-refractivity contribution in [3.05, 3.63) is 20.7 Å². The van der Waals surface area contributed by atoms with Crippen LogP contribution in [0.1, 0.15) is 57.6 Å². The number of aromatic amines is 1. The van der Waals surface area contributed by atoms with Crippen LogP contribution >= 0.6 is 12.2 Å². The summed E-state index contributed by atoms with van der Waals surface area (Å²) in [5.41, 5.74) is -0.237. The third-order valence-corrected chi connectivity index (χ3v) is 4.42. The summed E-state index contributed by atoms with van der Waals surface area (Å²) in [4.78, 5) is 14.7. The van der Waals surface area contributed by atoms with Crippen LogP contribution in [0.3, 0.4) is 0 Å². The Morgan fingerprint density at radius 3 is 2.59 bits per heavy atom. The first-order chi connectivity index (χ1) is 10.5. The predicted octanol–water partition coefficient (Wildman–Crippen LogP) is 2.79. The summed E-state index contributed by atoms with van der Waals surface area (Å²) < 4.78 is 1.81. The van der Waals surface area contributed by atoms with E-state index in [1.165, 1.54) is 19.1 Å². The highest BCUT2D eigenvalue weighted by Gasteiger charge is 2.15. The average Bonchev–Trinajstić information content (AvgIpc) is 2.75. The average molecular weight is 324 g/mol. The molecule has 1 saturated heterocycles. The first kappa shape index (κ1) is 16.7. The maximum Gasteiger partial charge on any atom is 0.264 e. The van der Waals surface area contributed by atoms with Crippen LogP contribution in [-0.2, 0) is 0 Å². The van der Waals surface area contributed by atoms with Crippen LogP contribution in [0.2, 0.25) is 0 Å². The van der Waals surface area contributed by atoms with Crippen molar-refractivity contribution in [3.63, 3.8) is 0 Å². The lowest BCUT2D eigenvalue weighted by atomic mass is 10.2. The molecular weight excluding hydrogens is 300 g/mol. The summed E-state index contributed by atoms with van der Waals surface area (Å²) in [5, 5.41) is 16.7. The Morgan fingerprint density at radius 2 is 2.00 bits per heavy atom. The number of nitrogens with one attached hydrogen (secondary N) is 1. The molecule has 1 aliphatic heterocycles. The molecule has 0 saturated carbocycles. The van der Waals surface area contributed by atoms with E-state index in [2.05, 4.69) is 10.1 Å². The molecule has 0 amide bonds. The van der Waals surface area contributed by atoms with E-state index in [0.717, 1.165) is 32.4 Å². The van der Waals surface area contributed by atoms with Crippen molar-refractivity contribution in [2.24, 2.45) is 5.10 Å². The van der Waals surface area contributed by atoms with Gasteiger partial charge in [0.05, 0.1) is 6.21 Å². The highest BCUT2D eigenvalue weighted by atomic mass is 32.1. The Hall–Kier alpha value is -1.63. The van der Waals surface area contributed by atoms with Gasteiger partial charge in [-0.3, -0.25) is 19.4 Å². The predicted molar refractivity (Wildman–Crippen MR) is 90.2 cm³/mol. The first-order valence-corrected chi connectivity index (χ1v) is 8.32. The molecule has 1 aromatic heterocycles. The molecule has 0 spiro atoms. The van der Waals surface area contributed by atoms with E-state index in [-0.39, 0.29) is 22.3 Å². The summed E-state index contributed by atoms with van der Waals surface area (Å²) in [6.45, 7) is 5.73. The second kappa shape index (κ2) is 7.58. The Labute approximate surface area is 135 Å². The SMILES string of the molecule is CC[C@H](C)n1c(O)c(C=NN2CCCCCC2)c(=O)[nH]c1=S. The summed E-state index contributed by atoms with van der Waals surface area (Å²) in [5.74, 6) is -0.110. The Kier molecular flexibility index (Phi) is 5.76. The third kappa shape index (κ3) is 3.76. The molecule has 122 valence electrons. The molecule has 2 heterocycles. The van der Waals surface area contributed by atoms with Gasteiger partial charge in [-0.25, -0.2) is 0 Å². The van der Waals surface area contributed by atoms with E-state index in [9.17, 15) is 9.90 Å². The highest BCUT2D eigenvalue weighted by Crippen LogP contribution is 2.20. The molecule has 2 rings (SSSR count). The van der Waals surface area contributed by atoms with Gasteiger partial charge in [0.15, 0.2) is 4.77 Å². The van der Waals surface area contributed by atoms with Crippen molar-refractivity contribution >= 4 is 18.4 Å². The van der Waals surface area contributed by atoms with E-state index in [1.807, 2.05) is 18.9 Å². The molecule has 1 aliphatic rings. The summed E-state index contributed by atoms with van der Waals surface area (Å²) in [7, 11) is 0. The molecule has 1 fully saturated rings. The van der Waals surface area contributed by atoms with Gasteiger partial charge in [-0.2, -0.15) is 5.10 Å². The smallest absolute Gasteiger partial charge is 0.264 e. The van der Waals surface area contributed by atoms with Crippen LogP contribution in [0.15, 0.2) is 9.90 Å². The lowest BCUT2D eigenvalue weighted by Crippen LogP contribution is -2.22. The van der Waals surface area contributed by atoms with Crippen LogP contribution in [-0.4, -0.2) is 39.0 Å². The lowest BCUT2D eigenvalue weighted by Gasteiger charge is -2.18. The molecule has 1 aromatic rings. The highest BCUT2D eigenvalue weighted by molar-refractivity contribution is 7.71. The zero-order valence-corrected chi connectivity index (χ0v) is 14.0. The van der Waals surface area contributed by atoms with Crippen LogP contribution in [0.4, 0.5) is 0 Å². The zero-order chi connectivity index (χ0) is 16.1. The van der Waals surface area contributed by atoms with Crippen molar-refractivity contribution in [2.45, 2.75) is 52.0 Å². The molecule has 7 heteroatoms. The zero-order valence-electron chi connectivity index (χ0n) is 13.2. The number of rotatable bonds is 4. The van der Waals surface area contributed by atoms with Gasteiger partial charge >= 0.3 is 0 Å². The van der Waals surface area contributed by atoms with E-state index in [0.29, 0.717) is 0 Å². The van der Waals surface area contributed by atoms with Gasteiger partial charge in [-0.1, -0.05) is 19.8 Å². The van der Waals surface area contributed by atoms with Crippen molar-refractivity contribution in [1.29, 1.82) is 0 Å². The van der Waals surface area contributed by atoms with Crippen LogP contribution in [0, 0.1) is 4.77 Å². The second-order valence-electron chi connectivity index (χ2n) is 5.74. The maximum absolute atomic E-state index is 12.1. The fourth-order valence-corrected chi connectivity index (χ4v) is 2.93. The molecular formula is C15H24N4O2S. The van der Waals surface area contributed by atoms with Gasteiger partial charge < -0.3 is 5.11 Å². The van der Waals surface area contributed by atoms with Gasteiger partial charge in [0.25, 0.3) is 5.56 Å². The van der Waals surface area contributed by atoms with Gasteiger partial charge in [-0.05, 0) is 38.4 Å². The van der Waals surface area contributed by atoms with E-state index < -0.39 is 5.56 Å². The number of aromatic nitrogens is 2. The Balaban J connectivity index is 2.34. The molecule has 0 unspecified atom stereocenters. The number of nitrogens with zero attached hydrogens (tertiary/aromatic N) is 3. The van der Waals surface area contributed by atoms with Crippen LogP contribution in [0.25, 0.3) is 0 Å². The molecule has 6 nitrogen and oxygen atoms in total. The monoisotopic (exact) mass is 324 g/mol. The van der Waals surface area contributed by atoms with Gasteiger partial charge in [-0.15, -0.1) is 0 Å². The van der Waals surface area contributed by atoms with Crippen molar-refractivity contribution in [1.82, 2.24) is 14.6 Å². The maximum atomic E-state index is 12.1. The molecule has 0 bridgehead atoms. The molecule has 2 N–H and O–H groups in total. The number of aromatic hydroxyl groups is 1. The molecule has 0 radical (unpaired) electrons. The number of hydrogen-bond donors (Lipinski definition) is 2. The van der Waals surface area contributed by atoms with E-state index >= 15 is 0 Å². The summed E-state index contributed by atoms with van der Waals surface area (Å²) in [6.07, 6.45) is 6.91. The molecule has 0 aliphatic carbocycles. The first-order valence-electron chi connectivity index (χ1n) is 7.91. The second-order valence-corrected chi connectivity index (χ2v) is 6.12. The van der Waals surface area contributed by atoms with Crippen molar-refractivity contribution in [3.8, 4) is 5.88 Å². The molecule has 0 aromatic carbocycles. The largest absolute Gasteiger partial charge is 0.494 e. The third-order valence-electron chi connectivity index (χ3n) is 4.12. The summed E-state index contributed by atoms with van der Waals surface area (Å²) >= 11 is 5.15. The normalized spacial score (nSPS) is 17.6. The Morgan fingerprint density at radius 1 is 1.36 bits per heavy atom.